The van der Waals surface area contributed by atoms with E-state index in [0.29, 0.717) is 25.7 Å². The van der Waals surface area contributed by atoms with Gasteiger partial charge in [0.25, 0.3) is 0 Å². The van der Waals surface area contributed by atoms with Crippen molar-refractivity contribution in [2.75, 3.05) is 39.6 Å². The highest BCUT2D eigenvalue weighted by atomic mass is 31.2. The lowest BCUT2D eigenvalue weighted by molar-refractivity contribution is -0.161. The first-order valence-corrected chi connectivity index (χ1v) is 45.9. The normalized spacial score (nSPS) is 14.2. The summed E-state index contributed by atoms with van der Waals surface area (Å²) in [4.78, 5) is 73.1. The van der Waals surface area contributed by atoms with Crippen molar-refractivity contribution < 1.29 is 80.2 Å². The van der Waals surface area contributed by atoms with Gasteiger partial charge < -0.3 is 33.8 Å². The summed E-state index contributed by atoms with van der Waals surface area (Å²) in [5.41, 5.74) is 0. The molecule has 0 aromatic rings. The van der Waals surface area contributed by atoms with Crippen molar-refractivity contribution in [3.63, 3.8) is 0 Å². The summed E-state index contributed by atoms with van der Waals surface area (Å²) >= 11 is 0. The van der Waals surface area contributed by atoms with Gasteiger partial charge in [-0.3, -0.25) is 37.3 Å². The minimum atomic E-state index is -4.96. The minimum absolute atomic E-state index is 0.106. The van der Waals surface area contributed by atoms with Crippen LogP contribution < -0.4 is 0 Å². The predicted octanol–water partition coefficient (Wildman–Crippen LogP) is 24.9. The number of ether oxygens (including phenoxy) is 4. The van der Waals surface area contributed by atoms with Crippen LogP contribution in [0.15, 0.2) is 0 Å². The first-order chi connectivity index (χ1) is 49.3. The van der Waals surface area contributed by atoms with E-state index in [1.54, 1.807) is 0 Å². The van der Waals surface area contributed by atoms with Crippen molar-refractivity contribution in [3.8, 4) is 0 Å². The second-order valence-electron chi connectivity index (χ2n) is 31.1. The van der Waals surface area contributed by atoms with Gasteiger partial charge in [0.05, 0.1) is 26.4 Å². The van der Waals surface area contributed by atoms with Crippen LogP contribution in [0.5, 0.6) is 0 Å². The summed E-state index contributed by atoms with van der Waals surface area (Å²) in [6.07, 6.45) is 62.3. The van der Waals surface area contributed by atoms with Gasteiger partial charge in [0.15, 0.2) is 12.2 Å². The Kier molecular flexibility index (Phi) is 71.8. The molecule has 0 aliphatic carbocycles. The molecule has 0 aliphatic heterocycles. The molecule has 606 valence electrons. The molecule has 0 bridgehead atoms. The van der Waals surface area contributed by atoms with Gasteiger partial charge >= 0.3 is 39.5 Å². The van der Waals surface area contributed by atoms with Crippen LogP contribution >= 0.6 is 15.6 Å². The molecule has 0 aliphatic rings. The largest absolute Gasteiger partial charge is 0.472 e. The fraction of sp³-hybridized carbons (Fsp3) is 0.952. The molecule has 0 heterocycles. The first-order valence-electron chi connectivity index (χ1n) is 42.9. The molecule has 0 aromatic carbocycles. The number of carbonyl (C=O) groups excluding carboxylic acids is 4. The number of phosphoric acid groups is 2. The highest BCUT2D eigenvalue weighted by molar-refractivity contribution is 7.47. The monoisotopic (exact) mass is 1490 g/mol. The van der Waals surface area contributed by atoms with Crippen molar-refractivity contribution in [1.29, 1.82) is 0 Å². The first kappa shape index (κ1) is 100. The Labute approximate surface area is 626 Å². The number of rotatable bonds is 81. The van der Waals surface area contributed by atoms with Gasteiger partial charge in [-0.2, -0.15) is 0 Å². The zero-order valence-electron chi connectivity index (χ0n) is 67.1. The van der Waals surface area contributed by atoms with Crippen LogP contribution in [0.1, 0.15) is 434 Å². The molecule has 17 nitrogen and oxygen atoms in total. The van der Waals surface area contributed by atoms with Gasteiger partial charge in [0, 0.05) is 25.7 Å². The van der Waals surface area contributed by atoms with Crippen LogP contribution in [-0.4, -0.2) is 96.7 Å². The maximum atomic E-state index is 13.1. The van der Waals surface area contributed by atoms with Crippen LogP contribution in [0.4, 0.5) is 0 Å². The maximum Gasteiger partial charge on any atom is 0.472 e. The van der Waals surface area contributed by atoms with Gasteiger partial charge in [-0.1, -0.05) is 382 Å². The van der Waals surface area contributed by atoms with E-state index in [2.05, 4.69) is 48.5 Å². The van der Waals surface area contributed by atoms with Crippen LogP contribution in [0.25, 0.3) is 0 Å². The van der Waals surface area contributed by atoms with Gasteiger partial charge in [0.2, 0.25) is 0 Å². The Hall–Kier alpha value is -1.94. The Morgan fingerprint density at radius 3 is 0.745 bits per heavy atom. The van der Waals surface area contributed by atoms with Gasteiger partial charge in [0.1, 0.15) is 19.3 Å². The molecule has 0 spiro atoms. The summed E-state index contributed by atoms with van der Waals surface area (Å²) in [6.45, 7) is 12.0. The van der Waals surface area contributed by atoms with Crippen molar-refractivity contribution in [3.05, 3.63) is 0 Å². The summed E-state index contributed by atoms with van der Waals surface area (Å²) in [7, 11) is -9.92. The highest BCUT2D eigenvalue weighted by Gasteiger charge is 2.30. The van der Waals surface area contributed by atoms with Crippen LogP contribution in [-0.2, 0) is 65.4 Å². The molecule has 0 aromatic heterocycles. The van der Waals surface area contributed by atoms with Gasteiger partial charge in [-0.15, -0.1) is 0 Å². The van der Waals surface area contributed by atoms with Crippen LogP contribution in [0, 0.1) is 17.8 Å². The third-order valence-electron chi connectivity index (χ3n) is 19.7. The number of hydrogen-bond acceptors (Lipinski definition) is 15. The number of unbranched alkanes of at least 4 members (excludes halogenated alkanes) is 48. The van der Waals surface area contributed by atoms with Crippen LogP contribution in [0.3, 0.4) is 0 Å². The third-order valence-corrected chi connectivity index (χ3v) is 21.6. The lowest BCUT2D eigenvalue weighted by Crippen LogP contribution is -2.30. The molecule has 6 atom stereocenters. The smallest absolute Gasteiger partial charge is 0.462 e. The summed E-state index contributed by atoms with van der Waals surface area (Å²) < 4.78 is 68.8. The van der Waals surface area contributed by atoms with E-state index in [1.165, 1.54) is 244 Å². The van der Waals surface area contributed by atoms with Crippen molar-refractivity contribution in [2.24, 2.45) is 17.8 Å². The number of aliphatic hydroxyl groups is 1. The molecule has 0 saturated carbocycles. The quantitative estimate of drug-likeness (QED) is 0.0222. The zero-order valence-corrected chi connectivity index (χ0v) is 68.9. The molecule has 0 saturated heterocycles. The van der Waals surface area contributed by atoms with Crippen molar-refractivity contribution >= 4 is 39.5 Å². The molecule has 19 heteroatoms. The number of hydrogen-bond donors (Lipinski definition) is 3. The summed E-state index contributed by atoms with van der Waals surface area (Å²) in [6, 6.07) is 0. The summed E-state index contributed by atoms with van der Waals surface area (Å²) in [5, 5.41) is 10.7. The average molecular weight is 1490 g/mol. The zero-order chi connectivity index (χ0) is 75.1. The van der Waals surface area contributed by atoms with E-state index in [9.17, 15) is 43.2 Å². The van der Waals surface area contributed by atoms with E-state index in [4.69, 9.17) is 37.0 Å². The molecule has 3 unspecified atom stereocenters. The average Bonchev–Trinajstić information content (AvgIpc) is 0.940. The number of aliphatic hydroxyl groups excluding tert-OH is 1. The van der Waals surface area contributed by atoms with E-state index in [0.717, 1.165) is 108 Å². The number of phosphoric ester groups is 2. The van der Waals surface area contributed by atoms with Crippen molar-refractivity contribution in [2.45, 2.75) is 452 Å². The van der Waals surface area contributed by atoms with Crippen molar-refractivity contribution in [1.82, 2.24) is 0 Å². The Morgan fingerprint density at radius 2 is 0.500 bits per heavy atom. The second kappa shape index (κ2) is 73.2. The van der Waals surface area contributed by atoms with E-state index >= 15 is 0 Å². The molecule has 0 rings (SSSR count). The highest BCUT2D eigenvalue weighted by Crippen LogP contribution is 2.45. The fourth-order valence-electron chi connectivity index (χ4n) is 12.8. The predicted molar refractivity (Wildman–Crippen MR) is 418 cm³/mol. The van der Waals surface area contributed by atoms with E-state index < -0.39 is 97.5 Å². The lowest BCUT2D eigenvalue weighted by atomic mass is 9.99. The number of carbonyl (C=O) groups is 4. The van der Waals surface area contributed by atoms with Crippen LogP contribution in [0.2, 0.25) is 0 Å². The second-order valence-corrected chi connectivity index (χ2v) is 34.0. The van der Waals surface area contributed by atoms with E-state index in [1.807, 2.05) is 0 Å². The van der Waals surface area contributed by atoms with Gasteiger partial charge in [-0.25, -0.2) is 9.13 Å². The molecular weight excluding hydrogens is 1330 g/mol. The Morgan fingerprint density at radius 1 is 0.284 bits per heavy atom. The molecule has 0 fully saturated rings. The fourth-order valence-corrected chi connectivity index (χ4v) is 14.4. The Bertz CT molecular complexity index is 1980. The Balaban J connectivity index is 5.23. The topological polar surface area (TPSA) is 237 Å². The third kappa shape index (κ3) is 74.9. The molecule has 0 radical (unpaired) electrons. The lowest BCUT2D eigenvalue weighted by Gasteiger charge is -2.21. The summed E-state index contributed by atoms with van der Waals surface area (Å²) in [5.74, 6) is 0.286. The maximum absolute atomic E-state index is 13.1. The standard InChI is InChI=1S/C83H162O17P2/c1-8-10-11-12-13-14-15-22-28-36-43-50-57-64-80(85)93-71-79(100-83(88)67-60-53-46-39-32-31-34-41-48-55-62-75(5)6)73-98-102(91,92)96-69-77(84)68-95-101(89,90)97-72-78(70-94-81(86)65-58-51-44-37-30-25-26-33-40-47-54-61-74(3)4)99-82(87)66-59-52-45-38-29-24-21-19-17-16-18-20-23-27-35-42-49-56-63-76(7)9-2/h74-79,84H,8-73H2,1-7H3,(H,89,90)(H,91,92)/t76?,77-,78-,79-/m1/s1. The molecular formula is C83H162O17P2. The number of esters is 4. The SMILES string of the molecule is CCCCCCCCCCCCCCCC(=O)OC[C@H](COP(=O)(O)OC[C@H](O)COP(=O)(O)OC[C@@H](COC(=O)CCCCCCCCCCCCCC(C)C)OC(=O)CCCCCCCCCCCCCCCCCCCCC(C)CC)OC(=O)CCCCCCCCCCCCC(C)C. The molecule has 102 heavy (non-hydrogen) atoms. The minimum Gasteiger partial charge on any atom is -0.462 e. The molecule has 0 amide bonds. The van der Waals surface area contributed by atoms with E-state index in [-0.39, 0.29) is 25.7 Å². The van der Waals surface area contributed by atoms with Gasteiger partial charge in [-0.05, 0) is 43.4 Å². The molecule has 3 N–H and O–H groups in total.